The summed E-state index contributed by atoms with van der Waals surface area (Å²) < 4.78 is 2.37. The van der Waals surface area contributed by atoms with Gasteiger partial charge in [0.1, 0.15) is 0 Å². The highest BCUT2D eigenvalue weighted by molar-refractivity contribution is 7.27. The van der Waals surface area contributed by atoms with E-state index in [1.807, 2.05) is 0 Å². The fourth-order valence-corrected chi connectivity index (χ4v) is 7.78. The van der Waals surface area contributed by atoms with Crippen LogP contribution in [0.1, 0.15) is 0 Å². The van der Waals surface area contributed by atoms with E-state index in [-0.39, 0.29) is 0 Å². The second-order valence-electron chi connectivity index (χ2n) is 11.8. The maximum absolute atomic E-state index is 5.26. The Kier molecular flexibility index (Phi) is 6.69. The lowest BCUT2D eigenvalue weighted by Gasteiger charge is -2.10. The zero-order valence-electron chi connectivity index (χ0n) is 25.5. The van der Waals surface area contributed by atoms with Gasteiger partial charge in [-0.3, -0.25) is 0 Å². The van der Waals surface area contributed by atoms with E-state index in [9.17, 15) is 0 Å². The number of hydrogen-bond donors (Lipinski definition) is 0. The molecule has 0 saturated heterocycles. The highest BCUT2D eigenvalue weighted by atomic mass is 32.1. The molecule has 0 fully saturated rings. The number of nitrogens with zero attached hydrogens (tertiary/aromatic N) is 2. The van der Waals surface area contributed by atoms with Crippen molar-refractivity contribution < 1.29 is 0 Å². The third-order valence-corrected chi connectivity index (χ3v) is 10.1. The molecule has 0 bridgehead atoms. The van der Waals surface area contributed by atoms with Crippen LogP contribution in [-0.2, 0) is 0 Å². The van der Waals surface area contributed by atoms with Crippen LogP contribution in [0.25, 0.3) is 87.1 Å². The standard InChI is InChI=1S/C44H28N2S/c1-3-11-29(12-4-1)30-21-23-31(24-22-30)34-16-9-17-35(27-34)36-18-10-19-37(28-36)44-45-40(33-14-5-2-6-15-33)43-41(46-44)39-26-25-32-13-7-8-20-38(32)42(39)47-43/h1-28H. The molecule has 0 amide bonds. The molecule has 0 unspecified atom stereocenters. The summed E-state index contributed by atoms with van der Waals surface area (Å²) >= 11 is 1.79. The summed E-state index contributed by atoms with van der Waals surface area (Å²) in [7, 11) is 0. The van der Waals surface area contributed by atoms with Crippen LogP contribution in [0.15, 0.2) is 170 Å². The zero-order valence-corrected chi connectivity index (χ0v) is 26.3. The maximum atomic E-state index is 5.26. The summed E-state index contributed by atoms with van der Waals surface area (Å²) in [6.45, 7) is 0. The van der Waals surface area contributed by atoms with Gasteiger partial charge < -0.3 is 0 Å². The summed E-state index contributed by atoms with van der Waals surface area (Å²) in [5, 5.41) is 3.67. The molecule has 0 saturated carbocycles. The number of benzene rings is 7. The second kappa shape index (κ2) is 11.5. The molecule has 0 aliphatic carbocycles. The van der Waals surface area contributed by atoms with Gasteiger partial charge in [0, 0.05) is 21.2 Å². The summed E-state index contributed by atoms with van der Waals surface area (Å²) in [5.74, 6) is 0.735. The molecule has 2 aromatic heterocycles. The van der Waals surface area contributed by atoms with Crippen LogP contribution in [0.5, 0.6) is 0 Å². The molecular formula is C44H28N2S. The first-order chi connectivity index (χ1) is 23.3. The van der Waals surface area contributed by atoms with Crippen LogP contribution in [0, 0.1) is 0 Å². The molecule has 9 rings (SSSR count). The lowest BCUT2D eigenvalue weighted by molar-refractivity contribution is 1.24. The van der Waals surface area contributed by atoms with Crippen molar-refractivity contribution in [1.29, 1.82) is 0 Å². The topological polar surface area (TPSA) is 25.8 Å². The highest BCUT2D eigenvalue weighted by Gasteiger charge is 2.18. The largest absolute Gasteiger partial charge is 0.226 e. The highest BCUT2D eigenvalue weighted by Crippen LogP contribution is 2.42. The Morgan fingerprint density at radius 1 is 0.340 bits per heavy atom. The van der Waals surface area contributed by atoms with Gasteiger partial charge in [-0.1, -0.05) is 158 Å². The van der Waals surface area contributed by atoms with Gasteiger partial charge in [-0.15, -0.1) is 11.3 Å². The van der Waals surface area contributed by atoms with Gasteiger partial charge >= 0.3 is 0 Å². The van der Waals surface area contributed by atoms with Crippen molar-refractivity contribution >= 4 is 42.4 Å². The van der Waals surface area contributed by atoms with Gasteiger partial charge in [0.25, 0.3) is 0 Å². The molecular weight excluding hydrogens is 589 g/mol. The van der Waals surface area contributed by atoms with E-state index in [4.69, 9.17) is 9.97 Å². The van der Waals surface area contributed by atoms with Gasteiger partial charge in [0.05, 0.1) is 15.9 Å². The number of thiophene rings is 1. The van der Waals surface area contributed by atoms with E-state index in [2.05, 4.69) is 170 Å². The number of rotatable bonds is 5. The normalized spacial score (nSPS) is 11.4. The van der Waals surface area contributed by atoms with Crippen LogP contribution in [0.3, 0.4) is 0 Å². The Labute approximate surface area is 277 Å². The molecule has 2 nitrogen and oxygen atoms in total. The average Bonchev–Trinajstić information content (AvgIpc) is 3.55. The van der Waals surface area contributed by atoms with Crippen molar-refractivity contribution in [1.82, 2.24) is 9.97 Å². The quantitative estimate of drug-likeness (QED) is 0.192. The van der Waals surface area contributed by atoms with E-state index in [0.29, 0.717) is 0 Å². The zero-order chi connectivity index (χ0) is 31.2. The monoisotopic (exact) mass is 616 g/mol. The van der Waals surface area contributed by atoms with Crippen LogP contribution >= 0.6 is 11.3 Å². The Morgan fingerprint density at radius 2 is 0.872 bits per heavy atom. The van der Waals surface area contributed by atoms with E-state index < -0.39 is 0 Å². The Balaban J connectivity index is 1.15. The molecule has 0 N–H and O–H groups in total. The van der Waals surface area contributed by atoms with Crippen LogP contribution in [0.4, 0.5) is 0 Å². The van der Waals surface area contributed by atoms with Crippen molar-refractivity contribution in [2.24, 2.45) is 0 Å². The van der Waals surface area contributed by atoms with Gasteiger partial charge in [0.15, 0.2) is 5.82 Å². The van der Waals surface area contributed by atoms with Gasteiger partial charge in [-0.05, 0) is 56.3 Å². The molecule has 3 heteroatoms. The summed E-state index contributed by atoms with van der Waals surface area (Å²) in [4.78, 5) is 10.5. The minimum Gasteiger partial charge on any atom is -0.226 e. The number of aromatic nitrogens is 2. The predicted molar refractivity (Wildman–Crippen MR) is 200 cm³/mol. The Bertz CT molecular complexity index is 2550. The third-order valence-electron chi connectivity index (χ3n) is 8.89. The Hall–Kier alpha value is -5.90. The summed E-state index contributed by atoms with van der Waals surface area (Å²) in [6, 6.07) is 60.2. The molecule has 0 radical (unpaired) electrons. The van der Waals surface area contributed by atoms with E-state index in [1.54, 1.807) is 11.3 Å². The molecule has 0 spiro atoms. The van der Waals surface area contributed by atoms with Crippen LogP contribution in [0.2, 0.25) is 0 Å². The molecule has 220 valence electrons. The second-order valence-corrected chi connectivity index (χ2v) is 12.8. The summed E-state index contributed by atoms with van der Waals surface area (Å²) in [5.41, 5.74) is 11.2. The molecule has 9 aromatic rings. The van der Waals surface area contributed by atoms with E-state index >= 15 is 0 Å². The first-order valence-corrected chi connectivity index (χ1v) is 16.6. The smallest absolute Gasteiger partial charge is 0.160 e. The maximum Gasteiger partial charge on any atom is 0.160 e. The first-order valence-electron chi connectivity index (χ1n) is 15.8. The fraction of sp³-hybridized carbons (Fsp3) is 0. The number of hydrogen-bond acceptors (Lipinski definition) is 3. The molecule has 2 heterocycles. The third kappa shape index (κ3) is 4.98. The van der Waals surface area contributed by atoms with Gasteiger partial charge in [0.2, 0.25) is 0 Å². The van der Waals surface area contributed by atoms with Crippen molar-refractivity contribution in [3.05, 3.63) is 170 Å². The average molecular weight is 617 g/mol. The molecule has 0 atom stereocenters. The fourth-order valence-electron chi connectivity index (χ4n) is 6.49. The predicted octanol–water partition coefficient (Wildman–Crippen LogP) is 12.3. The molecule has 0 aliphatic heterocycles. The minimum atomic E-state index is 0.735. The molecule has 0 aliphatic rings. The van der Waals surface area contributed by atoms with Crippen molar-refractivity contribution in [3.63, 3.8) is 0 Å². The van der Waals surface area contributed by atoms with E-state index in [0.717, 1.165) is 44.0 Å². The molecule has 7 aromatic carbocycles. The SMILES string of the molecule is c1ccc(-c2ccc(-c3cccc(-c4cccc(-c5nc(-c6ccccc6)c6sc7c8ccccc8ccc7c6n5)c4)c3)cc2)cc1. The summed E-state index contributed by atoms with van der Waals surface area (Å²) in [6.07, 6.45) is 0. The van der Waals surface area contributed by atoms with Crippen molar-refractivity contribution in [3.8, 4) is 56.0 Å². The van der Waals surface area contributed by atoms with E-state index in [1.165, 1.54) is 43.1 Å². The lowest BCUT2D eigenvalue weighted by atomic mass is 9.96. The lowest BCUT2D eigenvalue weighted by Crippen LogP contribution is -1.94. The molecule has 47 heavy (non-hydrogen) atoms. The Morgan fingerprint density at radius 3 is 1.60 bits per heavy atom. The number of fused-ring (bicyclic) bond motifs is 5. The van der Waals surface area contributed by atoms with Gasteiger partial charge in [-0.2, -0.15) is 0 Å². The minimum absolute atomic E-state index is 0.735. The van der Waals surface area contributed by atoms with Gasteiger partial charge in [-0.25, -0.2) is 9.97 Å². The van der Waals surface area contributed by atoms with Crippen molar-refractivity contribution in [2.45, 2.75) is 0 Å². The van der Waals surface area contributed by atoms with Crippen molar-refractivity contribution in [2.75, 3.05) is 0 Å². The van der Waals surface area contributed by atoms with Crippen LogP contribution < -0.4 is 0 Å². The van der Waals surface area contributed by atoms with Crippen LogP contribution in [-0.4, -0.2) is 9.97 Å². The first kappa shape index (κ1) is 27.4.